The minimum atomic E-state index is -5.16. The normalized spacial score (nSPS) is 19.7. The van der Waals surface area contributed by atoms with Gasteiger partial charge in [-0.25, -0.2) is 4.79 Å². The van der Waals surface area contributed by atoms with Gasteiger partial charge in [-0.05, 0) is 23.6 Å². The number of rotatable bonds is 9. The number of alkyl halides is 3. The van der Waals surface area contributed by atoms with Crippen molar-refractivity contribution in [3.05, 3.63) is 129 Å². The maximum atomic E-state index is 13.1. The van der Waals surface area contributed by atoms with E-state index in [0.717, 1.165) is 16.8 Å². The fourth-order valence-electron chi connectivity index (χ4n) is 6.26. The minimum absolute atomic E-state index is 0.368. The van der Waals surface area contributed by atoms with E-state index < -0.39 is 65.7 Å². The summed E-state index contributed by atoms with van der Waals surface area (Å²) in [6.07, 6.45) is -9.40. The number of nitrogens with one attached hydrogen (secondary N) is 2. The number of amides is 1. The number of aliphatic hydroxyl groups excluding tert-OH is 2. The molecule has 49 heavy (non-hydrogen) atoms. The molecule has 1 fully saturated rings. The highest BCUT2D eigenvalue weighted by Gasteiger charge is 2.57. The number of para-hydroxylation sites is 2. The van der Waals surface area contributed by atoms with Crippen molar-refractivity contribution in [3.8, 4) is 23.3 Å². The van der Waals surface area contributed by atoms with Crippen LogP contribution in [0.4, 0.5) is 13.2 Å². The molecule has 0 bridgehead atoms. The quantitative estimate of drug-likeness (QED) is 0.156. The number of carbonyl (C=O) groups is 1. The molecule has 4 N–H and O–H groups in total. The third kappa shape index (κ3) is 6.56. The molecule has 0 aliphatic carbocycles. The molecule has 1 saturated heterocycles. The summed E-state index contributed by atoms with van der Waals surface area (Å²) in [6.45, 7) is -0.804. The first kappa shape index (κ1) is 35.0. The maximum absolute atomic E-state index is 13.1. The van der Waals surface area contributed by atoms with Crippen LogP contribution in [0.3, 0.4) is 0 Å². The van der Waals surface area contributed by atoms with Crippen molar-refractivity contribution in [2.75, 3.05) is 20.8 Å². The van der Waals surface area contributed by atoms with Crippen LogP contribution in [0.2, 0.25) is 0 Å². The zero-order chi connectivity index (χ0) is 35.4. The molecule has 3 aromatic carbocycles. The number of aromatic amines is 1. The van der Waals surface area contributed by atoms with E-state index >= 15 is 0 Å². The molecule has 4 aromatic rings. The fourth-order valence-corrected chi connectivity index (χ4v) is 6.26. The highest BCUT2D eigenvalue weighted by Crippen LogP contribution is 2.52. The topological polar surface area (TPSA) is 152 Å². The Morgan fingerprint density at radius 2 is 1.57 bits per heavy atom. The highest BCUT2D eigenvalue weighted by atomic mass is 19.4. The lowest BCUT2D eigenvalue weighted by Gasteiger charge is -2.43. The Hall–Kier alpha value is -5.36. The second-order valence-electron chi connectivity index (χ2n) is 11.1. The van der Waals surface area contributed by atoms with E-state index in [4.69, 9.17) is 14.2 Å². The van der Waals surface area contributed by atoms with Crippen LogP contribution in [0.1, 0.15) is 23.1 Å². The molecule has 11 nitrogen and oxygen atoms in total. The number of ether oxygens (including phenoxy) is 3. The van der Waals surface area contributed by atoms with Crippen molar-refractivity contribution >= 4 is 5.91 Å². The van der Waals surface area contributed by atoms with Gasteiger partial charge in [0.2, 0.25) is 5.72 Å². The van der Waals surface area contributed by atoms with Gasteiger partial charge in [-0.2, -0.15) is 13.2 Å². The molecule has 0 spiro atoms. The van der Waals surface area contributed by atoms with Gasteiger partial charge in [-0.1, -0.05) is 72.7 Å². The zero-order valence-corrected chi connectivity index (χ0v) is 26.2. The SMILES string of the molecule is COc1ccccc1C(c1ccccc1)(c1ccccc1OC)C(O)[C@H]1O[C@@](C#CCNC(=O)C(F)(F)F)(n2ccc(=O)[nH]c2=O)C[C@@H]1O. The van der Waals surface area contributed by atoms with Gasteiger partial charge in [0.25, 0.3) is 5.56 Å². The number of H-pyrrole nitrogens is 1. The predicted octanol–water partition coefficient (Wildman–Crippen LogP) is 2.43. The average molecular weight is 680 g/mol. The van der Waals surface area contributed by atoms with Crippen LogP contribution in [-0.2, 0) is 20.7 Å². The van der Waals surface area contributed by atoms with Crippen LogP contribution in [0.5, 0.6) is 11.5 Å². The second-order valence-corrected chi connectivity index (χ2v) is 11.1. The highest BCUT2D eigenvalue weighted by molar-refractivity contribution is 5.81. The van der Waals surface area contributed by atoms with E-state index in [1.807, 2.05) is 0 Å². The van der Waals surface area contributed by atoms with Gasteiger partial charge in [0, 0.05) is 29.8 Å². The predicted molar refractivity (Wildman–Crippen MR) is 170 cm³/mol. The standard InChI is InChI=1S/C35H32F3N3O8/c1-47-26-15-8-6-13-23(26)34(22-11-4-3-5-12-22,24-14-7-9-16-27(24)48-2)30(44)29-25(42)21-33(49-29,41-20-17-28(43)40-32(41)46)18-10-19-39-31(45)35(36,37)38/h3-9,11-17,20,25,29-30,42,44H,19,21H2,1-2H3,(H,39,45)(H,40,43,46)/t25-,29-,30?,33+/m0/s1. The molecule has 256 valence electrons. The number of hydrogen-bond donors (Lipinski definition) is 4. The molecule has 4 atom stereocenters. The van der Waals surface area contributed by atoms with Crippen LogP contribution >= 0.6 is 0 Å². The van der Waals surface area contributed by atoms with Gasteiger partial charge in [-0.15, -0.1) is 0 Å². The molecule has 1 aromatic heterocycles. The first-order chi connectivity index (χ1) is 23.4. The lowest BCUT2D eigenvalue weighted by molar-refractivity contribution is -0.173. The molecule has 0 saturated carbocycles. The number of halogens is 3. The summed E-state index contributed by atoms with van der Waals surface area (Å²) in [6, 6.07) is 23.7. The fraction of sp³-hybridized carbons (Fsp3) is 0.286. The molecule has 0 radical (unpaired) electrons. The van der Waals surface area contributed by atoms with E-state index in [9.17, 15) is 37.8 Å². The Bertz CT molecular complexity index is 1940. The second kappa shape index (κ2) is 14.0. The van der Waals surface area contributed by atoms with Gasteiger partial charge in [0.1, 0.15) is 23.7 Å². The Labute approximate surface area is 277 Å². The number of nitrogens with zero attached hydrogens (tertiary/aromatic N) is 1. The van der Waals surface area contributed by atoms with Crippen LogP contribution < -0.4 is 26.0 Å². The number of benzene rings is 3. The number of carbonyl (C=O) groups excluding carboxylic acids is 1. The van der Waals surface area contributed by atoms with Gasteiger partial charge >= 0.3 is 17.8 Å². The van der Waals surface area contributed by atoms with Gasteiger partial charge in [0.15, 0.2) is 0 Å². The zero-order valence-electron chi connectivity index (χ0n) is 26.2. The summed E-state index contributed by atoms with van der Waals surface area (Å²) >= 11 is 0. The molecule has 5 rings (SSSR count). The van der Waals surface area contributed by atoms with Gasteiger partial charge in [0.05, 0.1) is 32.3 Å². The Morgan fingerprint density at radius 1 is 1.00 bits per heavy atom. The summed E-state index contributed by atoms with van der Waals surface area (Å²) in [4.78, 5) is 38.5. The summed E-state index contributed by atoms with van der Waals surface area (Å²) in [7, 11) is 2.93. The van der Waals surface area contributed by atoms with E-state index in [1.165, 1.54) is 14.2 Å². The first-order valence-electron chi connectivity index (χ1n) is 14.9. The van der Waals surface area contributed by atoms with Crippen molar-refractivity contribution in [3.63, 3.8) is 0 Å². The number of aliphatic hydroxyl groups is 2. The van der Waals surface area contributed by atoms with Crippen LogP contribution in [0, 0.1) is 11.8 Å². The lowest BCUT2D eigenvalue weighted by atomic mass is 9.63. The van der Waals surface area contributed by atoms with Gasteiger partial charge in [-0.3, -0.25) is 19.1 Å². The summed E-state index contributed by atoms with van der Waals surface area (Å²) in [5.74, 6) is 3.44. The molecule has 2 heterocycles. The third-order valence-electron chi connectivity index (χ3n) is 8.34. The minimum Gasteiger partial charge on any atom is -0.496 e. The molecule has 1 aliphatic heterocycles. The largest absolute Gasteiger partial charge is 0.496 e. The van der Waals surface area contributed by atoms with E-state index in [2.05, 4.69) is 16.8 Å². The monoisotopic (exact) mass is 679 g/mol. The average Bonchev–Trinajstić information content (AvgIpc) is 3.43. The Kier molecular flexibility index (Phi) is 10.00. The Morgan fingerprint density at radius 3 is 2.12 bits per heavy atom. The van der Waals surface area contributed by atoms with Crippen molar-refractivity contribution in [2.45, 2.75) is 42.0 Å². The molecular weight excluding hydrogens is 647 g/mol. The lowest BCUT2D eigenvalue weighted by Crippen LogP contribution is -2.52. The molecule has 1 unspecified atom stereocenters. The van der Waals surface area contributed by atoms with Crippen LogP contribution in [0.25, 0.3) is 0 Å². The van der Waals surface area contributed by atoms with Gasteiger partial charge < -0.3 is 29.7 Å². The summed E-state index contributed by atoms with van der Waals surface area (Å²) < 4.78 is 57.2. The molecule has 1 aliphatic rings. The van der Waals surface area contributed by atoms with Crippen molar-refractivity contribution in [1.82, 2.24) is 14.9 Å². The van der Waals surface area contributed by atoms with Crippen LogP contribution in [-0.4, -0.2) is 70.9 Å². The Balaban J connectivity index is 1.73. The summed E-state index contributed by atoms with van der Waals surface area (Å²) in [5, 5.41) is 26.1. The number of hydrogen-bond acceptors (Lipinski definition) is 8. The van der Waals surface area contributed by atoms with E-state index in [1.54, 1.807) is 84.2 Å². The molecular formula is C35H32F3N3O8. The van der Waals surface area contributed by atoms with Crippen molar-refractivity contribution < 1.29 is 42.4 Å². The number of methoxy groups -OCH3 is 2. The molecule has 14 heteroatoms. The maximum Gasteiger partial charge on any atom is 0.471 e. The van der Waals surface area contributed by atoms with Crippen molar-refractivity contribution in [2.24, 2.45) is 0 Å². The summed E-state index contributed by atoms with van der Waals surface area (Å²) in [5.41, 5.74) is -4.05. The van der Waals surface area contributed by atoms with E-state index in [-0.39, 0.29) is 0 Å². The third-order valence-corrected chi connectivity index (χ3v) is 8.34. The van der Waals surface area contributed by atoms with Crippen LogP contribution in [0.15, 0.2) is 101 Å². The smallest absolute Gasteiger partial charge is 0.471 e. The number of aromatic nitrogens is 2. The first-order valence-corrected chi connectivity index (χ1v) is 14.9. The van der Waals surface area contributed by atoms with Crippen molar-refractivity contribution in [1.29, 1.82) is 0 Å². The molecule has 1 amide bonds. The van der Waals surface area contributed by atoms with E-state index in [0.29, 0.717) is 28.2 Å².